The first-order valence-corrected chi connectivity index (χ1v) is 16.5. The second-order valence-corrected chi connectivity index (χ2v) is 12.7. The molecule has 1 aliphatic heterocycles. The lowest BCUT2D eigenvalue weighted by Crippen LogP contribution is -2.34. The van der Waals surface area contributed by atoms with Crippen LogP contribution >= 0.6 is 0 Å². The average molecular weight is 555 g/mol. The van der Waals surface area contributed by atoms with Crippen molar-refractivity contribution in [2.45, 2.75) is 128 Å². The van der Waals surface area contributed by atoms with Gasteiger partial charge in [-0.2, -0.15) is 0 Å². The molecule has 4 heteroatoms. The SMILES string of the molecule is CCC1(CC)c2ccc([nH]2)C(CC)(CC)c2ccc([nH]2)C(CC)(CC)c2ccc(n2C)C(CC)(CC)c2ccc1[nH]2. The molecular weight excluding hydrogens is 500 g/mol. The van der Waals surface area contributed by atoms with Gasteiger partial charge in [-0.1, -0.05) is 55.4 Å². The Hall–Kier alpha value is -2.88. The van der Waals surface area contributed by atoms with Crippen LogP contribution in [-0.4, -0.2) is 19.5 Å². The first-order valence-electron chi connectivity index (χ1n) is 16.5. The highest BCUT2D eigenvalue weighted by molar-refractivity contribution is 5.45. The van der Waals surface area contributed by atoms with Gasteiger partial charge in [0.25, 0.3) is 0 Å². The summed E-state index contributed by atoms with van der Waals surface area (Å²) in [5.41, 5.74) is 10.5. The minimum atomic E-state index is -0.0894. The van der Waals surface area contributed by atoms with Crippen molar-refractivity contribution >= 4 is 0 Å². The Morgan fingerprint density at radius 3 is 0.829 bits per heavy atom. The van der Waals surface area contributed by atoms with Crippen molar-refractivity contribution in [2.75, 3.05) is 0 Å². The molecule has 5 rings (SSSR count). The molecule has 0 fully saturated rings. The number of aromatic amines is 3. The van der Waals surface area contributed by atoms with Crippen molar-refractivity contribution in [2.24, 2.45) is 7.05 Å². The lowest BCUT2D eigenvalue weighted by Gasteiger charge is -2.37. The smallest absolute Gasteiger partial charge is 0.0500 e. The average Bonchev–Trinajstić information content (AvgIpc) is 3.83. The zero-order valence-electron chi connectivity index (χ0n) is 27.2. The number of rotatable bonds is 8. The van der Waals surface area contributed by atoms with Crippen LogP contribution < -0.4 is 0 Å². The molecule has 0 saturated heterocycles. The van der Waals surface area contributed by atoms with E-state index < -0.39 is 0 Å². The van der Waals surface area contributed by atoms with Gasteiger partial charge in [-0.3, -0.25) is 0 Å². The summed E-state index contributed by atoms with van der Waals surface area (Å²) >= 11 is 0. The predicted octanol–water partition coefficient (Wildman–Crippen LogP) is 9.75. The molecule has 41 heavy (non-hydrogen) atoms. The normalized spacial score (nSPS) is 18.5. The molecule has 0 radical (unpaired) electrons. The van der Waals surface area contributed by atoms with Crippen LogP contribution in [-0.2, 0) is 28.7 Å². The highest BCUT2D eigenvalue weighted by atomic mass is 15.0. The fourth-order valence-corrected chi connectivity index (χ4v) is 8.91. The maximum atomic E-state index is 4.06. The third kappa shape index (κ3) is 3.85. The number of hydrogen-bond donors (Lipinski definition) is 3. The van der Waals surface area contributed by atoms with E-state index >= 15 is 0 Å². The van der Waals surface area contributed by atoms with Gasteiger partial charge < -0.3 is 19.5 Å². The van der Waals surface area contributed by atoms with Gasteiger partial charge in [0.1, 0.15) is 0 Å². The summed E-state index contributed by atoms with van der Waals surface area (Å²) in [5, 5.41) is 0. The molecule has 4 aromatic heterocycles. The molecule has 3 N–H and O–H groups in total. The number of nitrogens with zero attached hydrogens (tertiary/aromatic N) is 1. The minimum absolute atomic E-state index is 0.0792. The molecule has 0 amide bonds. The van der Waals surface area contributed by atoms with E-state index in [2.05, 4.69) is 130 Å². The maximum absolute atomic E-state index is 4.06. The van der Waals surface area contributed by atoms with Crippen LogP contribution in [0.2, 0.25) is 0 Å². The van der Waals surface area contributed by atoms with Gasteiger partial charge >= 0.3 is 0 Å². The van der Waals surface area contributed by atoms with Crippen molar-refractivity contribution in [3.63, 3.8) is 0 Å². The van der Waals surface area contributed by atoms with Crippen molar-refractivity contribution in [1.82, 2.24) is 19.5 Å². The lowest BCUT2D eigenvalue weighted by molar-refractivity contribution is 0.398. The first-order chi connectivity index (χ1) is 19.8. The zero-order chi connectivity index (χ0) is 29.6. The molecule has 0 spiro atoms. The van der Waals surface area contributed by atoms with Crippen molar-refractivity contribution in [1.29, 1.82) is 0 Å². The Labute approximate surface area is 248 Å². The Balaban J connectivity index is 1.89. The summed E-state index contributed by atoms with van der Waals surface area (Å²) in [6.07, 6.45) is 8.34. The number of nitrogens with one attached hydrogen (secondary N) is 3. The molecule has 8 bridgehead atoms. The van der Waals surface area contributed by atoms with Crippen molar-refractivity contribution in [3.05, 3.63) is 94.1 Å². The summed E-state index contributed by atoms with van der Waals surface area (Å²) < 4.78 is 2.54. The van der Waals surface area contributed by atoms with Gasteiger partial charge in [0.2, 0.25) is 0 Å². The topological polar surface area (TPSA) is 52.3 Å². The first kappa shape index (κ1) is 29.6. The number of H-pyrrole nitrogens is 3. The van der Waals surface area contributed by atoms with Gasteiger partial charge in [0.05, 0.1) is 0 Å². The third-order valence-electron chi connectivity index (χ3n) is 12.1. The number of fused-ring (bicyclic) bond motifs is 8. The molecule has 0 atom stereocenters. The molecule has 0 saturated carbocycles. The van der Waals surface area contributed by atoms with E-state index in [0.717, 1.165) is 51.4 Å². The number of hydrogen-bond acceptors (Lipinski definition) is 0. The zero-order valence-corrected chi connectivity index (χ0v) is 27.2. The van der Waals surface area contributed by atoms with Gasteiger partial charge in [-0.05, 0) is 99.9 Å². The molecule has 222 valence electrons. The summed E-state index contributed by atoms with van der Waals surface area (Å²) in [6, 6.07) is 19.2. The van der Waals surface area contributed by atoms with Crippen LogP contribution in [0.5, 0.6) is 0 Å². The van der Waals surface area contributed by atoms with E-state index in [1.165, 1.54) is 45.6 Å². The maximum Gasteiger partial charge on any atom is 0.0500 e. The van der Waals surface area contributed by atoms with E-state index in [9.17, 15) is 0 Å². The van der Waals surface area contributed by atoms with Crippen LogP contribution in [0.3, 0.4) is 0 Å². The van der Waals surface area contributed by atoms with E-state index in [1.54, 1.807) is 0 Å². The van der Waals surface area contributed by atoms with Crippen LogP contribution in [0, 0.1) is 0 Å². The standard InChI is InChI=1S/C37H54N4/c1-10-34(11-2)26-18-19-27(38-26)35(12-3,13-4)29-21-23-31(40-29)37(16-7,17-8)33-25-24-32(41(33)9)36(14-5,15-6)30-22-20-28(34)39-30/h18-25,38-40H,10-17H2,1-9H3. The fraction of sp³-hybridized carbons (Fsp3) is 0.568. The van der Waals surface area contributed by atoms with Crippen LogP contribution in [0.4, 0.5) is 0 Å². The van der Waals surface area contributed by atoms with Gasteiger partial charge in [0.15, 0.2) is 0 Å². The molecule has 1 aliphatic rings. The van der Waals surface area contributed by atoms with Crippen LogP contribution in [0.15, 0.2) is 48.5 Å². The largest absolute Gasteiger partial charge is 0.361 e. The summed E-state index contributed by atoms with van der Waals surface area (Å²) in [4.78, 5) is 12.2. The van der Waals surface area contributed by atoms with E-state index in [1.807, 2.05) is 0 Å². The Bertz CT molecular complexity index is 1350. The highest BCUT2D eigenvalue weighted by Gasteiger charge is 2.43. The van der Waals surface area contributed by atoms with Crippen molar-refractivity contribution < 1.29 is 0 Å². The lowest BCUT2D eigenvalue weighted by atomic mass is 9.75. The van der Waals surface area contributed by atoms with E-state index in [4.69, 9.17) is 0 Å². The minimum Gasteiger partial charge on any atom is -0.361 e. The second-order valence-electron chi connectivity index (χ2n) is 12.7. The van der Waals surface area contributed by atoms with Crippen molar-refractivity contribution in [3.8, 4) is 0 Å². The Morgan fingerprint density at radius 1 is 0.390 bits per heavy atom. The number of aromatic nitrogens is 4. The van der Waals surface area contributed by atoms with Crippen LogP contribution in [0.1, 0.15) is 152 Å². The predicted molar refractivity (Wildman–Crippen MR) is 173 cm³/mol. The Morgan fingerprint density at radius 2 is 0.610 bits per heavy atom. The van der Waals surface area contributed by atoms with Gasteiger partial charge in [-0.15, -0.1) is 0 Å². The molecule has 4 aromatic rings. The van der Waals surface area contributed by atoms with E-state index in [-0.39, 0.29) is 21.7 Å². The van der Waals surface area contributed by atoms with E-state index in [0.29, 0.717) is 0 Å². The summed E-state index contributed by atoms with van der Waals surface area (Å²) in [5.74, 6) is 0. The van der Waals surface area contributed by atoms with Gasteiger partial charge in [0, 0.05) is 74.3 Å². The highest BCUT2D eigenvalue weighted by Crippen LogP contribution is 2.48. The Kier molecular flexibility index (Phi) is 7.76. The third-order valence-corrected chi connectivity index (χ3v) is 12.1. The summed E-state index contributed by atoms with van der Waals surface area (Å²) in [6.45, 7) is 18.8. The molecule has 0 aromatic carbocycles. The van der Waals surface area contributed by atoms with Crippen LogP contribution in [0.25, 0.3) is 0 Å². The molecule has 4 nitrogen and oxygen atoms in total. The molecular formula is C37H54N4. The quantitative estimate of drug-likeness (QED) is 0.194. The monoisotopic (exact) mass is 554 g/mol. The van der Waals surface area contributed by atoms with Gasteiger partial charge in [-0.25, -0.2) is 0 Å². The summed E-state index contributed by atoms with van der Waals surface area (Å²) in [7, 11) is 2.31. The molecule has 0 unspecified atom stereocenters. The fourth-order valence-electron chi connectivity index (χ4n) is 8.91. The molecule has 0 aliphatic carbocycles. The second kappa shape index (κ2) is 10.7. The molecule has 5 heterocycles.